The fourth-order valence-electron chi connectivity index (χ4n) is 3.80. The number of aromatic nitrogens is 5. The zero-order chi connectivity index (χ0) is 21.0. The fraction of sp³-hybridized carbons (Fsp3) is 0.304. The van der Waals surface area contributed by atoms with Gasteiger partial charge < -0.3 is 14.6 Å². The highest BCUT2D eigenvalue weighted by Gasteiger charge is 2.13. The van der Waals surface area contributed by atoms with Gasteiger partial charge in [-0.1, -0.05) is 12.1 Å². The Morgan fingerprint density at radius 1 is 1.00 bits per heavy atom. The second-order valence-corrected chi connectivity index (χ2v) is 7.66. The maximum Gasteiger partial charge on any atom is 0.229 e. The number of ether oxygens (including phenoxy) is 1. The molecule has 0 spiro atoms. The zero-order valence-corrected chi connectivity index (χ0v) is 17.5. The molecule has 0 unspecified atom stereocenters. The molecule has 158 valence electrons. The number of morpholine rings is 1. The Kier molecular flexibility index (Phi) is 5.56. The molecule has 8 heteroatoms. The quantitative estimate of drug-likeness (QED) is 0.518. The van der Waals surface area contributed by atoms with Gasteiger partial charge >= 0.3 is 0 Å². The normalized spacial score (nSPS) is 14.7. The molecule has 4 heterocycles. The smallest absolute Gasteiger partial charge is 0.229 e. The molecule has 1 saturated heterocycles. The molecule has 0 amide bonds. The first-order chi connectivity index (χ1) is 15.3. The molecule has 1 fully saturated rings. The Labute approximate surface area is 180 Å². The van der Waals surface area contributed by atoms with E-state index in [1.165, 1.54) is 5.56 Å². The molecule has 1 aliphatic heterocycles. The number of fused-ring (bicyclic) bond motifs is 1. The lowest BCUT2D eigenvalue weighted by molar-refractivity contribution is 0.0384. The number of nitrogens with zero attached hydrogens (tertiary/aromatic N) is 6. The van der Waals surface area contributed by atoms with E-state index in [2.05, 4.69) is 54.4 Å². The molecule has 0 atom stereocenters. The van der Waals surface area contributed by atoms with Crippen LogP contribution in [0.5, 0.6) is 0 Å². The van der Waals surface area contributed by atoms with Crippen LogP contribution in [0.25, 0.3) is 22.6 Å². The molecule has 8 nitrogen and oxygen atoms in total. The standard InChI is InChI=1S/C23H25N7O/c1-29-21(18-6-9-24-10-7-18)27-20-16-25-23(28-22(20)29)26-19-4-2-17(3-5-19)8-11-30-12-14-31-15-13-30/h2-7,9-10,16H,8,11-15H2,1H3,(H,25,26,28). The number of imidazole rings is 1. The summed E-state index contributed by atoms with van der Waals surface area (Å²) in [5, 5.41) is 3.30. The van der Waals surface area contributed by atoms with Crippen LogP contribution >= 0.6 is 0 Å². The molecule has 5 rings (SSSR count). The maximum atomic E-state index is 5.41. The number of pyridine rings is 1. The summed E-state index contributed by atoms with van der Waals surface area (Å²) in [7, 11) is 1.96. The second kappa shape index (κ2) is 8.79. The van der Waals surface area contributed by atoms with Crippen LogP contribution < -0.4 is 5.32 Å². The minimum absolute atomic E-state index is 0.554. The SMILES string of the molecule is Cn1c(-c2ccncc2)nc2cnc(Nc3ccc(CCN4CCOCC4)cc3)nc21. The van der Waals surface area contributed by atoms with Crippen LogP contribution in [-0.4, -0.2) is 62.3 Å². The Balaban J connectivity index is 1.28. The van der Waals surface area contributed by atoms with Gasteiger partial charge in [-0.3, -0.25) is 9.88 Å². The van der Waals surface area contributed by atoms with Crippen molar-refractivity contribution in [2.45, 2.75) is 6.42 Å². The number of benzene rings is 1. The first-order valence-corrected chi connectivity index (χ1v) is 10.5. The van der Waals surface area contributed by atoms with Crippen LogP contribution in [0.4, 0.5) is 11.6 Å². The third-order valence-corrected chi connectivity index (χ3v) is 5.58. The molecule has 0 saturated carbocycles. The molecule has 4 aromatic rings. The molecule has 1 N–H and O–H groups in total. The summed E-state index contributed by atoms with van der Waals surface area (Å²) in [5.41, 5.74) is 4.83. The molecule has 0 bridgehead atoms. The van der Waals surface area contributed by atoms with Gasteiger partial charge in [0.05, 0.1) is 19.4 Å². The van der Waals surface area contributed by atoms with Crippen LogP contribution in [-0.2, 0) is 18.2 Å². The zero-order valence-electron chi connectivity index (χ0n) is 17.5. The van der Waals surface area contributed by atoms with Crippen molar-refractivity contribution in [1.29, 1.82) is 0 Å². The lowest BCUT2D eigenvalue weighted by Gasteiger charge is -2.26. The van der Waals surface area contributed by atoms with Gasteiger partial charge in [0, 0.05) is 50.3 Å². The average molecular weight is 416 g/mol. The third-order valence-electron chi connectivity index (χ3n) is 5.58. The van der Waals surface area contributed by atoms with Gasteiger partial charge in [-0.15, -0.1) is 0 Å². The number of anilines is 2. The summed E-state index contributed by atoms with van der Waals surface area (Å²) < 4.78 is 7.39. The second-order valence-electron chi connectivity index (χ2n) is 7.66. The highest BCUT2D eigenvalue weighted by molar-refractivity contribution is 5.77. The van der Waals surface area contributed by atoms with Crippen molar-refractivity contribution in [3.63, 3.8) is 0 Å². The van der Waals surface area contributed by atoms with Crippen molar-refractivity contribution in [3.8, 4) is 11.4 Å². The summed E-state index contributed by atoms with van der Waals surface area (Å²) in [5.74, 6) is 1.39. The molecule has 0 radical (unpaired) electrons. The number of hydrogen-bond donors (Lipinski definition) is 1. The average Bonchev–Trinajstić information content (AvgIpc) is 3.16. The van der Waals surface area contributed by atoms with Crippen LogP contribution in [0.15, 0.2) is 55.0 Å². The highest BCUT2D eigenvalue weighted by atomic mass is 16.5. The Morgan fingerprint density at radius 3 is 2.55 bits per heavy atom. The number of aryl methyl sites for hydroxylation is 1. The van der Waals surface area contributed by atoms with Gasteiger partial charge in [-0.25, -0.2) is 9.97 Å². The van der Waals surface area contributed by atoms with E-state index >= 15 is 0 Å². The summed E-state index contributed by atoms with van der Waals surface area (Å²) in [6, 6.07) is 12.4. The number of nitrogens with one attached hydrogen (secondary N) is 1. The molecule has 31 heavy (non-hydrogen) atoms. The van der Waals surface area contributed by atoms with Gasteiger partial charge in [-0.2, -0.15) is 4.98 Å². The lowest BCUT2D eigenvalue weighted by atomic mass is 10.1. The van der Waals surface area contributed by atoms with E-state index in [1.54, 1.807) is 18.6 Å². The van der Waals surface area contributed by atoms with Crippen molar-refractivity contribution in [3.05, 3.63) is 60.6 Å². The highest BCUT2D eigenvalue weighted by Crippen LogP contribution is 2.23. The van der Waals surface area contributed by atoms with Crippen LogP contribution in [0.3, 0.4) is 0 Å². The molecule has 0 aliphatic carbocycles. The van der Waals surface area contributed by atoms with Gasteiger partial charge in [0.15, 0.2) is 5.65 Å². The van der Waals surface area contributed by atoms with Crippen molar-refractivity contribution < 1.29 is 4.74 Å². The fourth-order valence-corrected chi connectivity index (χ4v) is 3.80. The van der Waals surface area contributed by atoms with E-state index in [1.807, 2.05) is 23.7 Å². The Bertz CT molecular complexity index is 1150. The van der Waals surface area contributed by atoms with Gasteiger partial charge in [0.25, 0.3) is 0 Å². The topological polar surface area (TPSA) is 81.0 Å². The van der Waals surface area contributed by atoms with Crippen molar-refractivity contribution in [1.82, 2.24) is 29.4 Å². The van der Waals surface area contributed by atoms with E-state index in [9.17, 15) is 0 Å². The predicted octanol–water partition coefficient (Wildman–Crippen LogP) is 3.04. The Hall–Kier alpha value is -3.36. The summed E-state index contributed by atoms with van der Waals surface area (Å²) >= 11 is 0. The predicted molar refractivity (Wildman–Crippen MR) is 120 cm³/mol. The molecule has 1 aliphatic rings. The van der Waals surface area contributed by atoms with Crippen LogP contribution in [0, 0.1) is 0 Å². The first-order valence-electron chi connectivity index (χ1n) is 10.5. The molecular formula is C23H25N7O. The van der Waals surface area contributed by atoms with Crippen LogP contribution in [0.2, 0.25) is 0 Å². The summed E-state index contributed by atoms with van der Waals surface area (Å²) in [6.45, 7) is 4.80. The largest absolute Gasteiger partial charge is 0.379 e. The maximum absolute atomic E-state index is 5.41. The lowest BCUT2D eigenvalue weighted by Crippen LogP contribution is -2.37. The first kappa shape index (κ1) is 19.6. The van der Waals surface area contributed by atoms with Gasteiger partial charge in [0.1, 0.15) is 11.3 Å². The van der Waals surface area contributed by atoms with Gasteiger partial charge in [-0.05, 0) is 36.2 Å². The van der Waals surface area contributed by atoms with E-state index in [0.29, 0.717) is 5.95 Å². The molecular weight excluding hydrogens is 390 g/mol. The monoisotopic (exact) mass is 415 g/mol. The minimum atomic E-state index is 0.554. The molecule has 3 aromatic heterocycles. The summed E-state index contributed by atoms with van der Waals surface area (Å²) in [4.78, 5) is 20.3. The van der Waals surface area contributed by atoms with Crippen LogP contribution in [0.1, 0.15) is 5.56 Å². The van der Waals surface area contributed by atoms with Crippen molar-refractivity contribution >= 4 is 22.8 Å². The molecule has 1 aromatic carbocycles. The van der Waals surface area contributed by atoms with Crippen molar-refractivity contribution in [2.75, 3.05) is 38.2 Å². The van der Waals surface area contributed by atoms with Crippen molar-refractivity contribution in [2.24, 2.45) is 7.05 Å². The van der Waals surface area contributed by atoms with E-state index in [0.717, 1.165) is 67.5 Å². The van der Waals surface area contributed by atoms with E-state index in [-0.39, 0.29) is 0 Å². The summed E-state index contributed by atoms with van der Waals surface area (Å²) in [6.07, 6.45) is 6.32. The minimum Gasteiger partial charge on any atom is -0.379 e. The van der Waals surface area contributed by atoms with E-state index in [4.69, 9.17) is 4.74 Å². The number of rotatable bonds is 6. The Morgan fingerprint density at radius 2 is 1.77 bits per heavy atom. The third kappa shape index (κ3) is 4.40. The number of hydrogen-bond acceptors (Lipinski definition) is 7. The van der Waals surface area contributed by atoms with Gasteiger partial charge in [0.2, 0.25) is 5.95 Å². The van der Waals surface area contributed by atoms with E-state index < -0.39 is 0 Å².